The average molecular weight is 405 g/mol. The van der Waals surface area contributed by atoms with Crippen molar-refractivity contribution in [1.29, 1.82) is 0 Å². The predicted octanol–water partition coefficient (Wildman–Crippen LogP) is 3.17. The summed E-state index contributed by atoms with van der Waals surface area (Å²) in [6.45, 7) is 2.98. The van der Waals surface area contributed by atoms with E-state index in [1.54, 1.807) is 7.11 Å². The molecule has 1 aromatic carbocycles. The molecule has 0 bridgehead atoms. The molecule has 11 heteroatoms. The smallest absolute Gasteiger partial charge is 0.232 e. The fourth-order valence-corrected chi connectivity index (χ4v) is 3.76. The van der Waals surface area contributed by atoms with Crippen LogP contribution in [-0.4, -0.2) is 38.8 Å². The second-order valence-electron chi connectivity index (χ2n) is 5.35. The van der Waals surface area contributed by atoms with E-state index in [2.05, 4.69) is 42.7 Å². The summed E-state index contributed by atoms with van der Waals surface area (Å²) in [5.41, 5.74) is 6.58. The zero-order valence-corrected chi connectivity index (χ0v) is 16.6. The van der Waals surface area contributed by atoms with E-state index in [-0.39, 0.29) is 5.95 Å². The van der Waals surface area contributed by atoms with Gasteiger partial charge in [0, 0.05) is 6.54 Å². The highest BCUT2D eigenvalue weighted by Gasteiger charge is 2.10. The van der Waals surface area contributed by atoms with Gasteiger partial charge in [-0.05, 0) is 18.6 Å². The minimum atomic E-state index is 0.153. The van der Waals surface area contributed by atoms with Gasteiger partial charge in [0.25, 0.3) is 0 Å². The number of hydrogen-bond acceptors (Lipinski definition) is 11. The molecule has 142 valence electrons. The molecule has 0 saturated carbocycles. The summed E-state index contributed by atoms with van der Waals surface area (Å²) >= 11 is 3.01. The molecule has 4 N–H and O–H groups in total. The van der Waals surface area contributed by atoms with Crippen LogP contribution in [0.15, 0.2) is 28.6 Å². The molecule has 0 aliphatic heterocycles. The summed E-state index contributed by atoms with van der Waals surface area (Å²) in [4.78, 5) is 12.8. The highest BCUT2D eigenvalue weighted by Crippen LogP contribution is 2.29. The lowest BCUT2D eigenvalue weighted by atomic mass is 10.3. The first-order chi connectivity index (χ1) is 13.2. The highest BCUT2D eigenvalue weighted by molar-refractivity contribution is 8.00. The van der Waals surface area contributed by atoms with E-state index >= 15 is 0 Å². The molecule has 2 aromatic heterocycles. The van der Waals surface area contributed by atoms with Crippen molar-refractivity contribution in [3.05, 3.63) is 30.1 Å². The number of para-hydroxylation sites is 2. The molecule has 0 fully saturated rings. The van der Waals surface area contributed by atoms with Gasteiger partial charge in [0.05, 0.1) is 18.6 Å². The molecule has 3 rings (SSSR count). The summed E-state index contributed by atoms with van der Waals surface area (Å²) < 4.78 is 6.16. The Balaban J connectivity index is 1.67. The van der Waals surface area contributed by atoms with Crippen LogP contribution in [0.4, 0.5) is 22.7 Å². The van der Waals surface area contributed by atoms with Gasteiger partial charge >= 0.3 is 0 Å². The zero-order valence-electron chi connectivity index (χ0n) is 15.0. The Morgan fingerprint density at radius 2 is 2.04 bits per heavy atom. The standard InChI is InChI=1S/C16H20N8OS2/c1-3-8-18-15-23-24-16(27-15)26-9-12-20-13(17)22-14(21-12)19-10-6-4-5-7-11(10)25-2/h4-7H,3,8-9H2,1-2H3,(H,18,23)(H3,17,19,20,21,22). The van der Waals surface area contributed by atoms with Gasteiger partial charge in [0.2, 0.25) is 17.0 Å². The number of nitrogens with one attached hydrogen (secondary N) is 2. The number of thioether (sulfide) groups is 1. The number of nitrogen functional groups attached to an aromatic ring is 1. The van der Waals surface area contributed by atoms with Crippen LogP contribution >= 0.6 is 23.1 Å². The fourth-order valence-electron chi connectivity index (χ4n) is 2.12. The van der Waals surface area contributed by atoms with E-state index in [4.69, 9.17) is 10.5 Å². The Morgan fingerprint density at radius 3 is 2.85 bits per heavy atom. The van der Waals surface area contributed by atoms with Crippen LogP contribution in [0.2, 0.25) is 0 Å². The fraction of sp³-hybridized carbons (Fsp3) is 0.312. The molecule has 3 aromatic rings. The van der Waals surface area contributed by atoms with Crippen molar-refractivity contribution < 1.29 is 4.74 Å². The molecule has 0 aliphatic carbocycles. The van der Waals surface area contributed by atoms with Gasteiger partial charge in [0.15, 0.2) is 4.34 Å². The molecule has 2 heterocycles. The third-order valence-corrected chi connectivity index (χ3v) is 5.32. The van der Waals surface area contributed by atoms with Gasteiger partial charge in [-0.3, -0.25) is 0 Å². The maximum absolute atomic E-state index is 5.83. The van der Waals surface area contributed by atoms with Gasteiger partial charge < -0.3 is 21.1 Å². The molecular weight excluding hydrogens is 384 g/mol. The lowest BCUT2D eigenvalue weighted by Crippen LogP contribution is -2.07. The first kappa shape index (κ1) is 19.1. The zero-order chi connectivity index (χ0) is 19.1. The van der Waals surface area contributed by atoms with E-state index in [0.29, 0.717) is 23.3 Å². The lowest BCUT2D eigenvalue weighted by molar-refractivity contribution is 0.417. The van der Waals surface area contributed by atoms with Crippen molar-refractivity contribution in [3.63, 3.8) is 0 Å². The summed E-state index contributed by atoms with van der Waals surface area (Å²) in [6, 6.07) is 7.51. The predicted molar refractivity (Wildman–Crippen MR) is 109 cm³/mol. The monoisotopic (exact) mass is 404 g/mol. The molecule has 0 amide bonds. The number of nitrogens with two attached hydrogens (primary N) is 1. The van der Waals surface area contributed by atoms with Crippen molar-refractivity contribution in [3.8, 4) is 5.75 Å². The van der Waals surface area contributed by atoms with Gasteiger partial charge in [-0.2, -0.15) is 15.0 Å². The number of anilines is 4. The number of aromatic nitrogens is 5. The Bertz CT molecular complexity index is 888. The number of benzene rings is 1. The number of nitrogens with zero attached hydrogens (tertiary/aromatic N) is 5. The van der Waals surface area contributed by atoms with E-state index in [1.165, 1.54) is 23.1 Å². The van der Waals surface area contributed by atoms with Crippen molar-refractivity contribution in [2.45, 2.75) is 23.4 Å². The minimum Gasteiger partial charge on any atom is -0.495 e. The van der Waals surface area contributed by atoms with E-state index in [1.807, 2.05) is 24.3 Å². The Kier molecular flexibility index (Phi) is 6.60. The summed E-state index contributed by atoms with van der Waals surface area (Å²) in [7, 11) is 1.61. The molecular formula is C16H20N8OS2. The normalized spacial score (nSPS) is 10.6. The highest BCUT2D eigenvalue weighted by atomic mass is 32.2. The van der Waals surface area contributed by atoms with Crippen LogP contribution in [-0.2, 0) is 5.75 Å². The number of rotatable bonds is 9. The van der Waals surface area contributed by atoms with Gasteiger partial charge in [-0.15, -0.1) is 10.2 Å². The molecule has 0 unspecified atom stereocenters. The first-order valence-electron chi connectivity index (χ1n) is 8.28. The van der Waals surface area contributed by atoms with Crippen molar-refractivity contribution in [2.75, 3.05) is 30.0 Å². The molecule has 9 nitrogen and oxygen atoms in total. The Morgan fingerprint density at radius 1 is 1.19 bits per heavy atom. The Labute approximate surface area is 165 Å². The Hall–Kier alpha value is -2.66. The number of methoxy groups -OCH3 is 1. The molecule has 0 atom stereocenters. The first-order valence-corrected chi connectivity index (χ1v) is 10.1. The van der Waals surface area contributed by atoms with Crippen LogP contribution in [0.5, 0.6) is 5.75 Å². The molecule has 0 radical (unpaired) electrons. The van der Waals surface area contributed by atoms with E-state index in [9.17, 15) is 0 Å². The minimum absolute atomic E-state index is 0.153. The second-order valence-corrected chi connectivity index (χ2v) is 7.55. The van der Waals surface area contributed by atoms with Crippen LogP contribution in [0.1, 0.15) is 19.2 Å². The van der Waals surface area contributed by atoms with Crippen LogP contribution in [0, 0.1) is 0 Å². The van der Waals surface area contributed by atoms with Crippen molar-refractivity contribution in [2.24, 2.45) is 0 Å². The quantitative estimate of drug-likeness (QED) is 0.458. The van der Waals surface area contributed by atoms with E-state index < -0.39 is 0 Å². The topological polar surface area (TPSA) is 124 Å². The largest absolute Gasteiger partial charge is 0.495 e. The molecule has 27 heavy (non-hydrogen) atoms. The summed E-state index contributed by atoms with van der Waals surface area (Å²) in [6.07, 6.45) is 1.04. The third kappa shape index (κ3) is 5.41. The summed E-state index contributed by atoms with van der Waals surface area (Å²) in [5, 5.41) is 15.4. The van der Waals surface area contributed by atoms with Crippen LogP contribution in [0.25, 0.3) is 0 Å². The average Bonchev–Trinajstić information content (AvgIpc) is 3.12. The SMILES string of the molecule is CCCNc1nnc(SCc2nc(N)nc(Nc3ccccc3OC)n2)s1. The van der Waals surface area contributed by atoms with Gasteiger partial charge in [-0.1, -0.05) is 42.2 Å². The molecule has 0 aliphatic rings. The van der Waals surface area contributed by atoms with Crippen molar-refractivity contribution >= 4 is 45.8 Å². The van der Waals surface area contributed by atoms with Crippen LogP contribution < -0.4 is 21.1 Å². The van der Waals surface area contributed by atoms with Gasteiger partial charge in [-0.25, -0.2) is 0 Å². The van der Waals surface area contributed by atoms with E-state index in [0.717, 1.165) is 28.1 Å². The van der Waals surface area contributed by atoms with Gasteiger partial charge in [0.1, 0.15) is 11.6 Å². The number of hydrogen-bond donors (Lipinski definition) is 3. The molecule has 0 saturated heterocycles. The second kappa shape index (κ2) is 9.33. The maximum atomic E-state index is 5.83. The summed E-state index contributed by atoms with van der Waals surface area (Å²) in [5.74, 6) is 2.28. The maximum Gasteiger partial charge on any atom is 0.232 e. The third-order valence-electron chi connectivity index (χ3n) is 3.31. The lowest BCUT2D eigenvalue weighted by Gasteiger charge is -2.10. The molecule has 0 spiro atoms. The van der Waals surface area contributed by atoms with Crippen LogP contribution in [0.3, 0.4) is 0 Å². The van der Waals surface area contributed by atoms with Crippen molar-refractivity contribution in [1.82, 2.24) is 25.1 Å². The number of ether oxygens (including phenoxy) is 1.